The van der Waals surface area contributed by atoms with Crippen LogP contribution in [0.1, 0.15) is 18.2 Å². The molecule has 0 aliphatic carbocycles. The van der Waals surface area contributed by atoms with Crippen LogP contribution in [-0.2, 0) is 31.6 Å². The van der Waals surface area contributed by atoms with E-state index in [1.54, 1.807) is 0 Å². The Morgan fingerprint density at radius 2 is 1.88 bits per heavy atom. The van der Waals surface area contributed by atoms with Crippen LogP contribution in [0.4, 0.5) is 0 Å². The quantitative estimate of drug-likeness (QED) is 0.0909. The van der Waals surface area contributed by atoms with Crippen molar-refractivity contribution in [1.82, 2.24) is 9.55 Å². The zero-order valence-electron chi connectivity index (χ0n) is 16.3. The molecule has 1 aromatic heterocycles. The predicted octanol–water partition coefficient (Wildman–Crippen LogP) is -0.226. The van der Waals surface area contributed by atoms with Gasteiger partial charge in [0, 0.05) is 52.7 Å². The summed E-state index contributed by atoms with van der Waals surface area (Å²) in [5.41, 5.74) is 7.38. The van der Waals surface area contributed by atoms with Gasteiger partial charge in [-0.2, -0.15) is 8.62 Å². The van der Waals surface area contributed by atoms with Crippen molar-refractivity contribution in [2.24, 2.45) is 5.11 Å². The third kappa shape index (κ3) is 8.61. The first kappa shape index (κ1) is 29.4. The van der Waals surface area contributed by atoms with Gasteiger partial charge in [-0.3, -0.25) is 18.9 Å². The van der Waals surface area contributed by atoms with Crippen LogP contribution in [0.2, 0.25) is 0 Å². The Balaban J connectivity index is 0.00000512. The minimum Gasteiger partial charge on any atom is -0.352 e. The van der Waals surface area contributed by atoms with Gasteiger partial charge in [-0.25, -0.2) is 18.5 Å². The third-order valence-corrected chi connectivity index (χ3v) is 7.48. The van der Waals surface area contributed by atoms with E-state index in [1.165, 1.54) is 13.1 Å². The van der Waals surface area contributed by atoms with E-state index in [4.69, 9.17) is 24.9 Å². The summed E-state index contributed by atoms with van der Waals surface area (Å²) < 4.78 is 51.8. The van der Waals surface area contributed by atoms with E-state index in [0.29, 0.717) is 0 Å². The summed E-state index contributed by atoms with van der Waals surface area (Å²) in [5, 5.41) is 3.42. The molecule has 2 unspecified atom stereocenters. The Bertz CT molecular complexity index is 1140. The number of rotatable bonds is 9. The first-order chi connectivity index (χ1) is 14.1. The molecule has 22 heteroatoms. The SMILES string of the molecule is Cc1cn([C@H]2C[C@H](N=[N+]=[N-])[C@@H](COP(=O)(O)OP(=O)(O)OP(=O)(O)O)O2)c(=O)[nH]c1=O.[Na]. The van der Waals surface area contributed by atoms with Gasteiger partial charge in [0.1, 0.15) is 6.23 Å². The number of aryl methyl sites for hydroxylation is 1. The first-order valence-corrected chi connectivity index (χ1v) is 12.4. The molecule has 0 saturated carbocycles. The molecule has 1 aromatic rings. The predicted molar refractivity (Wildman–Crippen MR) is 103 cm³/mol. The number of phosphoric acid groups is 3. The van der Waals surface area contributed by atoms with Gasteiger partial charge in [-0.15, -0.1) is 0 Å². The van der Waals surface area contributed by atoms with Crippen LogP contribution in [-0.4, -0.2) is 77.4 Å². The number of nitrogens with zero attached hydrogens (tertiary/aromatic N) is 4. The van der Waals surface area contributed by atoms with Gasteiger partial charge in [-0.05, 0) is 12.5 Å². The minimum atomic E-state index is -5.70. The summed E-state index contributed by atoms with van der Waals surface area (Å²) in [7, 11) is -16.7. The van der Waals surface area contributed by atoms with Crippen LogP contribution < -0.4 is 11.2 Å². The molecule has 18 nitrogen and oxygen atoms in total. The second kappa shape index (κ2) is 11.2. The van der Waals surface area contributed by atoms with Crippen molar-refractivity contribution >= 4 is 53.0 Å². The van der Waals surface area contributed by atoms with Gasteiger partial charge in [0.25, 0.3) is 5.56 Å². The molecule has 2 heterocycles. The molecule has 1 saturated heterocycles. The second-order valence-electron chi connectivity index (χ2n) is 6.00. The molecule has 0 amide bonds. The number of nitrogens with one attached hydrogen (secondary N) is 1. The molecule has 32 heavy (non-hydrogen) atoms. The van der Waals surface area contributed by atoms with Crippen molar-refractivity contribution in [2.75, 3.05) is 6.61 Å². The summed E-state index contributed by atoms with van der Waals surface area (Å²) in [6, 6.07) is -1.04. The molecule has 0 aromatic carbocycles. The van der Waals surface area contributed by atoms with E-state index in [-0.39, 0.29) is 41.5 Å². The zero-order valence-corrected chi connectivity index (χ0v) is 21.0. The van der Waals surface area contributed by atoms with E-state index in [0.717, 1.165) is 4.57 Å². The average molecular weight is 530 g/mol. The van der Waals surface area contributed by atoms with E-state index < -0.39 is 59.7 Å². The Morgan fingerprint density at radius 3 is 2.44 bits per heavy atom. The molecule has 175 valence electrons. The molecule has 1 fully saturated rings. The maximum Gasteiger partial charge on any atom is 0.490 e. The van der Waals surface area contributed by atoms with Gasteiger partial charge in [0.05, 0.1) is 18.8 Å². The molecular weight excluding hydrogens is 514 g/mol. The Labute approximate surface area is 199 Å². The smallest absolute Gasteiger partial charge is 0.352 e. The maximum atomic E-state index is 12.0. The summed E-state index contributed by atoms with van der Waals surface area (Å²) >= 11 is 0. The minimum absolute atomic E-state index is 0. The van der Waals surface area contributed by atoms with Crippen molar-refractivity contribution in [3.05, 3.63) is 43.0 Å². The van der Waals surface area contributed by atoms with Crippen LogP contribution >= 0.6 is 23.5 Å². The van der Waals surface area contributed by atoms with Crippen LogP contribution in [0.25, 0.3) is 10.4 Å². The van der Waals surface area contributed by atoms with Crippen LogP contribution in [0, 0.1) is 6.92 Å². The number of ether oxygens (including phenoxy) is 1. The van der Waals surface area contributed by atoms with Gasteiger partial charge < -0.3 is 24.3 Å². The molecule has 1 radical (unpaired) electrons. The van der Waals surface area contributed by atoms with Crippen LogP contribution in [0.5, 0.6) is 0 Å². The van der Waals surface area contributed by atoms with Gasteiger partial charge in [0.2, 0.25) is 0 Å². The molecule has 0 spiro atoms. The average Bonchev–Trinajstić information content (AvgIpc) is 2.96. The van der Waals surface area contributed by atoms with E-state index in [1.807, 2.05) is 4.98 Å². The molecule has 1 aliphatic rings. The van der Waals surface area contributed by atoms with Crippen molar-refractivity contribution in [3.8, 4) is 0 Å². The molecule has 2 rings (SSSR count). The monoisotopic (exact) mass is 530 g/mol. The standard InChI is InChI=1S/C10H16N5O13P3.Na/c1-5-3-15(10(17)12-9(5)16)8-2-6(13-14-11)7(26-8)4-25-30(21,22)28-31(23,24)27-29(18,19)20;/h3,6-8H,2,4H2,1H3,(H,21,22)(H,23,24)(H,12,16,17)(H2,18,19,20);/t6-,7+,8+;/m0./s1. The number of H-pyrrole nitrogens is 1. The Kier molecular flexibility index (Phi) is 10.3. The van der Waals surface area contributed by atoms with E-state index in [2.05, 4.69) is 23.2 Å². The van der Waals surface area contributed by atoms with Gasteiger partial charge in [0.15, 0.2) is 0 Å². The normalized spacial score (nSPS) is 24.6. The summed E-state index contributed by atoms with van der Waals surface area (Å²) in [5.74, 6) is 0. The molecule has 0 bridgehead atoms. The van der Waals surface area contributed by atoms with Crippen molar-refractivity contribution in [3.63, 3.8) is 0 Å². The largest absolute Gasteiger partial charge is 0.490 e. The number of hydrogen-bond donors (Lipinski definition) is 5. The molecule has 5 N–H and O–H groups in total. The fourth-order valence-electron chi connectivity index (χ4n) is 2.49. The molecule has 1 aliphatic heterocycles. The summed E-state index contributed by atoms with van der Waals surface area (Å²) in [4.78, 5) is 63.7. The van der Waals surface area contributed by atoms with Crippen molar-refractivity contribution < 1.29 is 51.2 Å². The fourth-order valence-corrected chi connectivity index (χ4v) is 5.52. The summed E-state index contributed by atoms with van der Waals surface area (Å²) in [6.07, 6.45) is -1.26. The number of azide groups is 1. The van der Waals surface area contributed by atoms with E-state index in [9.17, 15) is 28.2 Å². The number of hydrogen-bond acceptors (Lipinski definition) is 10. The fraction of sp³-hybridized carbons (Fsp3) is 0.600. The number of phosphoric ester groups is 1. The number of aromatic amines is 1. The van der Waals surface area contributed by atoms with Crippen LogP contribution in [0.3, 0.4) is 0 Å². The first-order valence-electron chi connectivity index (χ1n) is 7.92. The third-order valence-electron chi connectivity index (χ3n) is 3.68. The summed E-state index contributed by atoms with van der Waals surface area (Å²) in [6.45, 7) is 0.544. The Hall–Kier alpha value is -0.640. The number of aromatic nitrogens is 2. The van der Waals surface area contributed by atoms with Crippen LogP contribution in [0.15, 0.2) is 20.9 Å². The topological polar surface area (TPSA) is 273 Å². The van der Waals surface area contributed by atoms with Crippen molar-refractivity contribution in [2.45, 2.75) is 31.7 Å². The molecular formula is C10H16N5NaO13P3. The second-order valence-corrected chi connectivity index (χ2v) is 10.4. The maximum absolute atomic E-state index is 12.0. The Morgan fingerprint density at radius 1 is 1.25 bits per heavy atom. The molecule has 5 atom stereocenters. The van der Waals surface area contributed by atoms with Gasteiger partial charge >= 0.3 is 29.2 Å². The van der Waals surface area contributed by atoms with E-state index >= 15 is 0 Å². The zero-order chi connectivity index (χ0) is 23.6. The van der Waals surface area contributed by atoms with Crippen molar-refractivity contribution in [1.29, 1.82) is 0 Å². The van der Waals surface area contributed by atoms with Gasteiger partial charge in [-0.1, -0.05) is 5.11 Å².